The Balaban J connectivity index is 1.32. The van der Waals surface area contributed by atoms with E-state index < -0.39 is 39.5 Å². The maximum Gasteiger partial charge on any atom is 0.257 e. The quantitative estimate of drug-likeness (QED) is 0.455. The molecule has 0 aromatic heterocycles. The Morgan fingerprint density at radius 3 is 2.41 bits per heavy atom. The maximum absolute atomic E-state index is 15.4. The smallest absolute Gasteiger partial charge is 0.257 e. The van der Waals surface area contributed by atoms with Crippen molar-refractivity contribution in [3.63, 3.8) is 0 Å². The molecule has 4 aliphatic rings. The zero-order chi connectivity index (χ0) is 29.0. The molecule has 220 valence electrons. The lowest BCUT2D eigenvalue weighted by molar-refractivity contribution is -0.126. The van der Waals surface area contributed by atoms with Gasteiger partial charge < -0.3 is 25.0 Å². The third-order valence-electron chi connectivity index (χ3n) is 9.23. The van der Waals surface area contributed by atoms with Crippen LogP contribution in [0.5, 0.6) is 0 Å². The number of likely N-dealkylation sites (N-methyl/N-ethyl adjacent to an activating group) is 1. The molecule has 2 aromatic rings. The lowest BCUT2D eigenvalue weighted by atomic mass is 9.75. The van der Waals surface area contributed by atoms with Crippen LogP contribution in [0.3, 0.4) is 0 Å². The van der Waals surface area contributed by atoms with Gasteiger partial charge in [0.1, 0.15) is 5.82 Å². The van der Waals surface area contributed by atoms with Gasteiger partial charge in [0.25, 0.3) is 5.91 Å². The molecule has 2 aromatic carbocycles. The van der Waals surface area contributed by atoms with Crippen LogP contribution >= 0.6 is 0 Å². The van der Waals surface area contributed by atoms with Crippen LogP contribution in [0.1, 0.15) is 54.4 Å². The molecule has 41 heavy (non-hydrogen) atoms. The van der Waals surface area contributed by atoms with Crippen molar-refractivity contribution in [2.24, 2.45) is 5.41 Å². The van der Waals surface area contributed by atoms with Crippen molar-refractivity contribution in [1.82, 2.24) is 0 Å². The van der Waals surface area contributed by atoms with Crippen LogP contribution in [0.4, 0.5) is 27.1 Å². The number of nitrogens with zero attached hydrogens (tertiary/aromatic N) is 2. The first-order valence-corrected chi connectivity index (χ1v) is 15.7. The van der Waals surface area contributed by atoms with Crippen LogP contribution in [0.25, 0.3) is 0 Å². The Hall–Kier alpha value is -3.22. The standard InChI is InChI=1S/C29H35FN4O6S/c1-33-25-22(29(27(33)37)8-13-40-14-9-29)16-20(17-23(25)30)31-26(36)21-3-2-19(32-41(38,39)15-12-35)18-24(21)34-10-6-28(4-5-28)7-11-34/h2-3,16-18,32,35H,4-15H2,1H3,(H,31,36). The van der Waals surface area contributed by atoms with E-state index in [9.17, 15) is 18.0 Å². The fourth-order valence-electron chi connectivity index (χ4n) is 6.61. The number of hydrogen-bond acceptors (Lipinski definition) is 7. The Bertz CT molecular complexity index is 1490. The van der Waals surface area contributed by atoms with Crippen LogP contribution in [0.2, 0.25) is 0 Å². The molecule has 0 radical (unpaired) electrons. The molecular weight excluding hydrogens is 551 g/mol. The van der Waals surface area contributed by atoms with E-state index in [1.807, 2.05) is 0 Å². The average molecular weight is 587 g/mol. The van der Waals surface area contributed by atoms with E-state index in [1.165, 1.54) is 29.9 Å². The molecule has 3 heterocycles. The Morgan fingerprint density at radius 1 is 1.05 bits per heavy atom. The third kappa shape index (κ3) is 5.06. The van der Waals surface area contributed by atoms with E-state index >= 15 is 4.39 Å². The molecule has 2 amide bonds. The number of halogens is 1. The second-order valence-corrected chi connectivity index (χ2v) is 13.6. The molecule has 6 rings (SSSR count). The second kappa shape index (κ2) is 10.2. The summed E-state index contributed by atoms with van der Waals surface area (Å²) in [5, 5.41) is 11.9. The summed E-state index contributed by atoms with van der Waals surface area (Å²) in [6.45, 7) is 1.75. The molecule has 1 saturated carbocycles. The largest absolute Gasteiger partial charge is 0.395 e. The fourth-order valence-corrected chi connectivity index (χ4v) is 7.44. The predicted octanol–water partition coefficient (Wildman–Crippen LogP) is 3.22. The average Bonchev–Trinajstić information content (AvgIpc) is 3.66. The Kier molecular flexibility index (Phi) is 6.98. The number of sulfonamides is 1. The van der Waals surface area contributed by atoms with E-state index in [2.05, 4.69) is 14.9 Å². The number of hydrogen-bond donors (Lipinski definition) is 3. The van der Waals surface area contributed by atoms with Gasteiger partial charge in [-0.2, -0.15) is 0 Å². The van der Waals surface area contributed by atoms with E-state index in [1.54, 1.807) is 25.2 Å². The molecular formula is C29H35FN4O6S. The van der Waals surface area contributed by atoms with Crippen LogP contribution in [0.15, 0.2) is 30.3 Å². The highest BCUT2D eigenvalue weighted by Gasteiger charge is 2.51. The van der Waals surface area contributed by atoms with Crippen molar-refractivity contribution < 1.29 is 32.2 Å². The number of amides is 2. The number of rotatable bonds is 7. The number of carbonyl (C=O) groups is 2. The molecule has 12 heteroatoms. The molecule has 2 saturated heterocycles. The van der Waals surface area contributed by atoms with Crippen molar-refractivity contribution in [3.8, 4) is 0 Å². The van der Waals surface area contributed by atoms with Gasteiger partial charge in [-0.3, -0.25) is 14.3 Å². The Labute approximate surface area is 238 Å². The minimum absolute atomic E-state index is 0.168. The van der Waals surface area contributed by atoms with Crippen molar-refractivity contribution >= 4 is 44.6 Å². The van der Waals surface area contributed by atoms with Crippen molar-refractivity contribution in [1.29, 1.82) is 0 Å². The molecule has 3 fully saturated rings. The first-order chi connectivity index (χ1) is 19.6. The number of carbonyl (C=O) groups excluding carboxylic acids is 2. The summed E-state index contributed by atoms with van der Waals surface area (Å²) >= 11 is 0. The monoisotopic (exact) mass is 586 g/mol. The molecule has 2 spiro atoms. The van der Waals surface area contributed by atoms with Crippen LogP contribution < -0.4 is 19.8 Å². The molecule has 1 aliphatic carbocycles. The molecule has 0 bridgehead atoms. The van der Waals surface area contributed by atoms with Gasteiger partial charge in [-0.15, -0.1) is 0 Å². The number of benzene rings is 2. The van der Waals surface area contributed by atoms with E-state index in [0.29, 0.717) is 54.0 Å². The zero-order valence-corrected chi connectivity index (χ0v) is 23.9. The predicted molar refractivity (Wildman–Crippen MR) is 154 cm³/mol. The molecule has 3 aliphatic heterocycles. The molecule has 10 nitrogen and oxygen atoms in total. The normalized spacial score (nSPS) is 20.8. The van der Waals surface area contributed by atoms with E-state index in [0.717, 1.165) is 25.9 Å². The van der Waals surface area contributed by atoms with Crippen molar-refractivity contribution in [2.45, 2.75) is 43.9 Å². The SMILES string of the molecule is CN1C(=O)C2(CCOCC2)c2cc(NC(=O)c3ccc(NS(=O)(=O)CCO)cc3N3CCC4(CC3)CC4)cc(F)c21. The number of nitrogens with one attached hydrogen (secondary N) is 2. The van der Waals surface area contributed by atoms with Gasteiger partial charge in [0, 0.05) is 39.0 Å². The number of piperidine rings is 1. The lowest BCUT2D eigenvalue weighted by Crippen LogP contribution is -2.42. The number of fused-ring (bicyclic) bond motifs is 2. The van der Waals surface area contributed by atoms with E-state index in [-0.39, 0.29) is 17.3 Å². The summed E-state index contributed by atoms with van der Waals surface area (Å²) in [5.41, 5.74) is 1.76. The number of aliphatic hydroxyl groups excluding tert-OH is 1. The van der Waals surface area contributed by atoms with Crippen molar-refractivity contribution in [3.05, 3.63) is 47.3 Å². The Morgan fingerprint density at radius 2 is 1.76 bits per heavy atom. The number of ether oxygens (including phenoxy) is 1. The molecule has 3 N–H and O–H groups in total. The summed E-state index contributed by atoms with van der Waals surface area (Å²) in [6.07, 6.45) is 5.30. The summed E-state index contributed by atoms with van der Waals surface area (Å²) in [4.78, 5) is 30.4. The van der Waals surface area contributed by atoms with Crippen molar-refractivity contribution in [2.75, 3.05) is 65.5 Å². The fraction of sp³-hybridized carbons (Fsp3) is 0.517. The van der Waals surface area contributed by atoms with Gasteiger partial charge in [0.2, 0.25) is 15.9 Å². The molecule has 0 unspecified atom stereocenters. The topological polar surface area (TPSA) is 128 Å². The van der Waals surface area contributed by atoms with Gasteiger partial charge in [-0.25, -0.2) is 12.8 Å². The van der Waals surface area contributed by atoms with Gasteiger partial charge in [-0.05, 0) is 79.8 Å². The highest BCUT2D eigenvalue weighted by atomic mass is 32.2. The number of aliphatic hydroxyl groups is 1. The summed E-state index contributed by atoms with van der Waals surface area (Å²) in [5.74, 6) is -1.66. The first-order valence-electron chi connectivity index (χ1n) is 14.1. The van der Waals surface area contributed by atoms with Crippen LogP contribution in [-0.4, -0.2) is 71.0 Å². The minimum atomic E-state index is -3.76. The van der Waals surface area contributed by atoms with Gasteiger partial charge >= 0.3 is 0 Å². The van der Waals surface area contributed by atoms with Crippen LogP contribution in [0, 0.1) is 11.2 Å². The molecule has 0 atom stereocenters. The first kappa shape index (κ1) is 27.9. The lowest BCUT2D eigenvalue weighted by Gasteiger charge is -2.35. The highest BCUT2D eigenvalue weighted by molar-refractivity contribution is 7.92. The maximum atomic E-state index is 15.4. The third-order valence-corrected chi connectivity index (χ3v) is 10.5. The van der Waals surface area contributed by atoms with Gasteiger partial charge in [0.15, 0.2) is 0 Å². The summed E-state index contributed by atoms with van der Waals surface area (Å²) in [6, 6.07) is 7.63. The zero-order valence-electron chi connectivity index (χ0n) is 23.0. The van der Waals surface area contributed by atoms with Gasteiger partial charge in [-0.1, -0.05) is 0 Å². The summed E-state index contributed by atoms with van der Waals surface area (Å²) in [7, 11) is -2.19. The highest BCUT2D eigenvalue weighted by Crippen LogP contribution is 2.54. The number of anilines is 4. The second-order valence-electron chi connectivity index (χ2n) is 11.7. The van der Waals surface area contributed by atoms with E-state index in [4.69, 9.17) is 9.84 Å². The van der Waals surface area contributed by atoms with Gasteiger partial charge in [0.05, 0.1) is 40.4 Å². The van der Waals surface area contributed by atoms with Crippen LogP contribution in [-0.2, 0) is 25.0 Å². The minimum Gasteiger partial charge on any atom is -0.395 e. The summed E-state index contributed by atoms with van der Waals surface area (Å²) < 4.78 is 48.0.